The molecule has 0 aliphatic heterocycles. The summed E-state index contributed by atoms with van der Waals surface area (Å²) in [4.78, 5) is 10.8. The number of carbonyl (C=O) groups is 1. The van der Waals surface area contributed by atoms with E-state index in [1.807, 2.05) is 0 Å². The first-order valence-corrected chi connectivity index (χ1v) is 6.68. The fraction of sp³-hybridized carbons (Fsp3) is 0. The first-order valence-electron chi connectivity index (χ1n) is 5.13. The maximum absolute atomic E-state index is 10.8. The molecular formula is C13H7BrCl2O3. The van der Waals surface area contributed by atoms with Crippen LogP contribution in [-0.2, 0) is 0 Å². The third-order valence-corrected chi connectivity index (χ3v) is 3.44. The summed E-state index contributed by atoms with van der Waals surface area (Å²) < 4.78 is 6.28. The van der Waals surface area contributed by atoms with Gasteiger partial charge in [0.25, 0.3) is 0 Å². The Bertz CT molecular complexity index is 644. The van der Waals surface area contributed by atoms with Crippen molar-refractivity contribution < 1.29 is 14.6 Å². The van der Waals surface area contributed by atoms with Crippen LogP contribution < -0.4 is 4.74 Å². The van der Waals surface area contributed by atoms with Gasteiger partial charge in [-0.25, -0.2) is 4.79 Å². The fourth-order valence-electron chi connectivity index (χ4n) is 1.39. The largest absolute Gasteiger partial charge is 0.478 e. The number of carboxylic acid groups (broad SMARTS) is 1. The predicted octanol–water partition coefficient (Wildman–Crippen LogP) is 5.25. The molecule has 2 aromatic carbocycles. The normalized spacial score (nSPS) is 10.3. The molecule has 0 fully saturated rings. The van der Waals surface area contributed by atoms with Gasteiger partial charge in [-0.15, -0.1) is 0 Å². The summed E-state index contributed by atoms with van der Waals surface area (Å²) in [6.45, 7) is 0. The first kappa shape index (κ1) is 14.2. The van der Waals surface area contributed by atoms with Gasteiger partial charge < -0.3 is 9.84 Å². The van der Waals surface area contributed by atoms with Gasteiger partial charge in [-0.2, -0.15) is 0 Å². The van der Waals surface area contributed by atoms with Crippen molar-refractivity contribution >= 4 is 45.1 Å². The lowest BCUT2D eigenvalue weighted by atomic mass is 10.2. The van der Waals surface area contributed by atoms with E-state index < -0.39 is 5.97 Å². The Morgan fingerprint density at radius 2 is 1.79 bits per heavy atom. The molecule has 0 aliphatic carbocycles. The number of carboxylic acids is 1. The van der Waals surface area contributed by atoms with Crippen LogP contribution in [0.4, 0.5) is 0 Å². The maximum atomic E-state index is 10.8. The van der Waals surface area contributed by atoms with E-state index >= 15 is 0 Å². The molecule has 2 aromatic rings. The van der Waals surface area contributed by atoms with E-state index in [0.717, 1.165) is 0 Å². The van der Waals surface area contributed by atoms with Crippen LogP contribution in [0, 0.1) is 0 Å². The Morgan fingerprint density at radius 3 is 2.37 bits per heavy atom. The second-order valence-corrected chi connectivity index (χ2v) is 5.33. The van der Waals surface area contributed by atoms with Crippen LogP contribution in [0.2, 0.25) is 10.0 Å². The minimum Gasteiger partial charge on any atom is -0.478 e. The fourth-order valence-corrected chi connectivity index (χ4v) is 2.38. The highest BCUT2D eigenvalue weighted by Crippen LogP contribution is 2.35. The third-order valence-electron chi connectivity index (χ3n) is 2.29. The Hall–Kier alpha value is -1.23. The van der Waals surface area contributed by atoms with Crippen molar-refractivity contribution in [3.8, 4) is 11.5 Å². The van der Waals surface area contributed by atoms with Gasteiger partial charge in [0.15, 0.2) is 0 Å². The van der Waals surface area contributed by atoms with Crippen LogP contribution in [0.5, 0.6) is 11.5 Å². The van der Waals surface area contributed by atoms with Crippen molar-refractivity contribution in [2.45, 2.75) is 0 Å². The maximum Gasteiger partial charge on any atom is 0.335 e. The molecule has 2 rings (SSSR count). The summed E-state index contributed by atoms with van der Waals surface area (Å²) in [6.07, 6.45) is 0. The van der Waals surface area contributed by atoms with E-state index in [1.54, 1.807) is 18.2 Å². The highest BCUT2D eigenvalue weighted by Gasteiger charge is 2.10. The van der Waals surface area contributed by atoms with Gasteiger partial charge in [-0.1, -0.05) is 23.2 Å². The van der Waals surface area contributed by atoms with Crippen molar-refractivity contribution in [1.29, 1.82) is 0 Å². The molecule has 0 atom stereocenters. The summed E-state index contributed by atoms with van der Waals surface area (Å²) >= 11 is 15.1. The molecule has 0 saturated carbocycles. The number of aromatic carboxylic acids is 1. The van der Waals surface area contributed by atoms with E-state index in [-0.39, 0.29) is 10.6 Å². The molecule has 3 nitrogen and oxygen atoms in total. The molecule has 0 aromatic heterocycles. The molecule has 98 valence electrons. The average molecular weight is 362 g/mol. The molecule has 0 spiro atoms. The Balaban J connectivity index is 2.31. The highest BCUT2D eigenvalue weighted by atomic mass is 79.9. The highest BCUT2D eigenvalue weighted by molar-refractivity contribution is 9.10. The molecule has 6 heteroatoms. The van der Waals surface area contributed by atoms with E-state index in [0.29, 0.717) is 21.0 Å². The number of rotatable bonds is 3. The molecule has 0 amide bonds. The van der Waals surface area contributed by atoms with Gasteiger partial charge in [-0.05, 0) is 52.3 Å². The predicted molar refractivity (Wildman–Crippen MR) is 77.6 cm³/mol. The van der Waals surface area contributed by atoms with Crippen molar-refractivity contribution in [3.05, 3.63) is 56.5 Å². The molecule has 0 radical (unpaired) electrons. The van der Waals surface area contributed by atoms with Crippen molar-refractivity contribution in [3.63, 3.8) is 0 Å². The number of hydrogen-bond donors (Lipinski definition) is 1. The van der Waals surface area contributed by atoms with Crippen LogP contribution in [0.25, 0.3) is 0 Å². The van der Waals surface area contributed by atoms with Crippen molar-refractivity contribution in [2.24, 2.45) is 0 Å². The molecule has 0 heterocycles. The third kappa shape index (κ3) is 3.41. The van der Waals surface area contributed by atoms with Crippen molar-refractivity contribution in [1.82, 2.24) is 0 Å². The lowest BCUT2D eigenvalue weighted by molar-refractivity contribution is 0.0697. The van der Waals surface area contributed by atoms with Crippen LogP contribution in [0.15, 0.2) is 40.9 Å². The second-order valence-electron chi connectivity index (χ2n) is 3.63. The van der Waals surface area contributed by atoms with E-state index in [1.165, 1.54) is 18.2 Å². The Labute approximate surface area is 127 Å². The lowest BCUT2D eigenvalue weighted by Crippen LogP contribution is -1.96. The average Bonchev–Trinajstić information content (AvgIpc) is 2.34. The van der Waals surface area contributed by atoms with Gasteiger partial charge in [0.05, 0.1) is 15.1 Å². The van der Waals surface area contributed by atoms with Gasteiger partial charge in [0, 0.05) is 5.02 Å². The summed E-state index contributed by atoms with van der Waals surface area (Å²) in [6, 6.07) is 9.33. The zero-order chi connectivity index (χ0) is 14.0. The zero-order valence-electron chi connectivity index (χ0n) is 9.36. The summed E-state index contributed by atoms with van der Waals surface area (Å²) in [5.41, 5.74) is 0.104. The van der Waals surface area contributed by atoms with Gasteiger partial charge in [-0.3, -0.25) is 0 Å². The van der Waals surface area contributed by atoms with Crippen LogP contribution in [0.1, 0.15) is 10.4 Å². The topological polar surface area (TPSA) is 46.5 Å². The van der Waals surface area contributed by atoms with Gasteiger partial charge >= 0.3 is 5.97 Å². The molecule has 0 aliphatic rings. The van der Waals surface area contributed by atoms with Crippen LogP contribution in [0.3, 0.4) is 0 Å². The van der Waals surface area contributed by atoms with Crippen LogP contribution >= 0.6 is 39.1 Å². The zero-order valence-corrected chi connectivity index (χ0v) is 12.5. The number of benzene rings is 2. The molecule has 19 heavy (non-hydrogen) atoms. The Kier molecular flexibility index (Phi) is 4.34. The molecule has 0 unspecified atom stereocenters. The molecular weight excluding hydrogens is 355 g/mol. The number of hydrogen-bond acceptors (Lipinski definition) is 2. The number of ether oxygens (including phenoxy) is 1. The molecule has 0 bridgehead atoms. The van der Waals surface area contributed by atoms with E-state index in [4.69, 9.17) is 33.0 Å². The summed E-state index contributed by atoms with van der Waals surface area (Å²) in [5.74, 6) is -0.134. The minimum absolute atomic E-state index is 0.104. The standard InChI is InChI=1S/C13H7BrCl2O3/c14-9-6-8(15)2-4-11(9)19-12-3-1-7(13(17)18)5-10(12)16/h1-6H,(H,17,18). The van der Waals surface area contributed by atoms with Crippen molar-refractivity contribution in [2.75, 3.05) is 0 Å². The first-order chi connectivity index (χ1) is 8.97. The molecule has 1 N–H and O–H groups in total. The monoisotopic (exact) mass is 360 g/mol. The second kappa shape index (κ2) is 5.82. The van der Waals surface area contributed by atoms with E-state index in [2.05, 4.69) is 15.9 Å². The smallest absolute Gasteiger partial charge is 0.335 e. The number of halogens is 3. The van der Waals surface area contributed by atoms with Gasteiger partial charge in [0.2, 0.25) is 0 Å². The van der Waals surface area contributed by atoms with E-state index in [9.17, 15) is 4.79 Å². The summed E-state index contributed by atoms with van der Waals surface area (Å²) in [7, 11) is 0. The quantitative estimate of drug-likeness (QED) is 0.812. The SMILES string of the molecule is O=C(O)c1ccc(Oc2ccc(Cl)cc2Br)c(Cl)c1. The lowest BCUT2D eigenvalue weighted by Gasteiger charge is -2.10. The summed E-state index contributed by atoms with van der Waals surface area (Å²) in [5, 5.41) is 9.64. The Morgan fingerprint density at radius 1 is 1.11 bits per heavy atom. The van der Waals surface area contributed by atoms with Gasteiger partial charge in [0.1, 0.15) is 11.5 Å². The molecule has 0 saturated heterocycles. The minimum atomic E-state index is -1.04. The van der Waals surface area contributed by atoms with Crippen LogP contribution in [-0.4, -0.2) is 11.1 Å².